The van der Waals surface area contributed by atoms with Crippen molar-refractivity contribution in [3.63, 3.8) is 0 Å². The van der Waals surface area contributed by atoms with E-state index < -0.39 is 5.91 Å². The number of carbonyl (C=O) groups is 2. The van der Waals surface area contributed by atoms with E-state index in [-0.39, 0.29) is 23.1 Å². The summed E-state index contributed by atoms with van der Waals surface area (Å²) in [6.07, 6.45) is 0. The number of aryl methyl sites for hydroxylation is 2. The fourth-order valence-corrected chi connectivity index (χ4v) is 2.54. The highest BCUT2D eigenvalue weighted by Crippen LogP contribution is 2.33. The van der Waals surface area contributed by atoms with Crippen molar-refractivity contribution in [2.45, 2.75) is 13.8 Å². The Hall–Kier alpha value is -1.65. The van der Waals surface area contributed by atoms with Crippen LogP contribution in [0.3, 0.4) is 0 Å². The summed E-state index contributed by atoms with van der Waals surface area (Å²) in [5, 5.41) is -0.0157. The lowest BCUT2D eigenvalue weighted by Gasteiger charge is -2.14. The molecule has 0 saturated carbocycles. The first-order valence-corrected chi connectivity index (χ1v) is 6.67. The number of rotatable bonds is 4. The number of halogens is 1. The van der Waals surface area contributed by atoms with Gasteiger partial charge in [0.1, 0.15) is 5.03 Å². The van der Waals surface area contributed by atoms with Crippen LogP contribution in [0.25, 0.3) is 5.57 Å². The summed E-state index contributed by atoms with van der Waals surface area (Å²) >= 11 is 6.07. The smallest absolute Gasteiger partial charge is 0.273 e. The molecule has 0 fully saturated rings. The first-order chi connectivity index (χ1) is 9.47. The largest absolute Gasteiger partial charge is 0.383 e. The maximum Gasteiger partial charge on any atom is 0.273 e. The standard InChI is InChI=1S/C15H16ClNO3/c1-9-4-5-11(10(2)8-9)12-13(16)15(19)17(14(12)18)6-7-20-3/h4-5,8H,6-7H2,1-3H3. The van der Waals surface area contributed by atoms with E-state index in [0.29, 0.717) is 12.2 Å². The third-order valence-electron chi connectivity index (χ3n) is 3.28. The number of nitrogens with zero attached hydrogens (tertiary/aromatic N) is 1. The van der Waals surface area contributed by atoms with Gasteiger partial charge in [0.05, 0.1) is 18.7 Å². The molecule has 106 valence electrons. The Balaban J connectivity index is 2.41. The van der Waals surface area contributed by atoms with Crippen molar-refractivity contribution < 1.29 is 14.3 Å². The second-order valence-electron chi connectivity index (χ2n) is 4.76. The van der Waals surface area contributed by atoms with E-state index in [1.54, 1.807) is 0 Å². The molecule has 1 aromatic rings. The van der Waals surface area contributed by atoms with Crippen molar-refractivity contribution >= 4 is 29.0 Å². The third-order valence-corrected chi connectivity index (χ3v) is 3.63. The van der Waals surface area contributed by atoms with Crippen LogP contribution in [0.2, 0.25) is 0 Å². The third kappa shape index (κ3) is 2.49. The van der Waals surface area contributed by atoms with Gasteiger partial charge in [0.2, 0.25) is 0 Å². The molecule has 4 nitrogen and oxygen atoms in total. The maximum atomic E-state index is 12.4. The summed E-state index contributed by atoms with van der Waals surface area (Å²) < 4.78 is 4.91. The number of benzene rings is 1. The second kappa shape index (κ2) is 5.77. The van der Waals surface area contributed by atoms with Crippen LogP contribution in [0.1, 0.15) is 16.7 Å². The zero-order chi connectivity index (χ0) is 14.9. The van der Waals surface area contributed by atoms with Crippen LogP contribution in [0, 0.1) is 13.8 Å². The zero-order valence-corrected chi connectivity index (χ0v) is 12.5. The molecule has 1 aromatic carbocycles. The van der Waals surface area contributed by atoms with Gasteiger partial charge in [-0.1, -0.05) is 35.4 Å². The minimum absolute atomic E-state index is 0.0157. The number of hydrogen-bond donors (Lipinski definition) is 0. The molecule has 1 aliphatic rings. The van der Waals surface area contributed by atoms with E-state index in [1.807, 2.05) is 32.0 Å². The van der Waals surface area contributed by atoms with E-state index in [9.17, 15) is 9.59 Å². The highest BCUT2D eigenvalue weighted by Gasteiger charge is 2.38. The van der Waals surface area contributed by atoms with E-state index in [2.05, 4.69) is 0 Å². The number of imide groups is 1. The summed E-state index contributed by atoms with van der Waals surface area (Å²) in [6.45, 7) is 4.37. The van der Waals surface area contributed by atoms with Crippen molar-refractivity contribution in [3.05, 3.63) is 39.9 Å². The second-order valence-corrected chi connectivity index (χ2v) is 5.14. The van der Waals surface area contributed by atoms with Gasteiger partial charge in [0.25, 0.3) is 11.8 Å². The SMILES string of the molecule is COCCN1C(=O)C(Cl)=C(c2ccc(C)cc2C)C1=O. The van der Waals surface area contributed by atoms with Gasteiger partial charge in [-0.15, -0.1) is 0 Å². The molecule has 0 atom stereocenters. The van der Waals surface area contributed by atoms with Crippen LogP contribution < -0.4 is 0 Å². The van der Waals surface area contributed by atoms with Crippen LogP contribution in [-0.4, -0.2) is 37.0 Å². The molecule has 0 saturated heterocycles. The molecule has 0 radical (unpaired) electrons. The summed E-state index contributed by atoms with van der Waals surface area (Å²) in [5.74, 6) is -0.812. The van der Waals surface area contributed by atoms with E-state index in [4.69, 9.17) is 16.3 Å². The molecule has 0 unspecified atom stereocenters. The van der Waals surface area contributed by atoms with Gasteiger partial charge < -0.3 is 4.74 Å². The first kappa shape index (κ1) is 14.8. The number of amides is 2. The van der Waals surface area contributed by atoms with Crippen molar-refractivity contribution in [2.24, 2.45) is 0 Å². The summed E-state index contributed by atoms with van der Waals surface area (Å²) in [7, 11) is 1.52. The monoisotopic (exact) mass is 293 g/mol. The van der Waals surface area contributed by atoms with Gasteiger partial charge in [-0.05, 0) is 25.0 Å². The lowest BCUT2D eigenvalue weighted by molar-refractivity contribution is -0.137. The fourth-order valence-electron chi connectivity index (χ4n) is 2.26. The van der Waals surface area contributed by atoms with Gasteiger partial charge in [0.15, 0.2) is 0 Å². The molecule has 1 aliphatic heterocycles. The molecule has 0 aliphatic carbocycles. The lowest BCUT2D eigenvalue weighted by atomic mass is 9.99. The first-order valence-electron chi connectivity index (χ1n) is 6.30. The number of carbonyl (C=O) groups excluding carboxylic acids is 2. The van der Waals surface area contributed by atoms with Gasteiger partial charge in [-0.2, -0.15) is 0 Å². The van der Waals surface area contributed by atoms with Crippen molar-refractivity contribution in [3.8, 4) is 0 Å². The minimum atomic E-state index is -0.455. The highest BCUT2D eigenvalue weighted by molar-refractivity contribution is 6.55. The maximum absolute atomic E-state index is 12.4. The number of hydrogen-bond acceptors (Lipinski definition) is 3. The molecular weight excluding hydrogens is 278 g/mol. The Morgan fingerprint density at radius 2 is 1.90 bits per heavy atom. The minimum Gasteiger partial charge on any atom is -0.383 e. The summed E-state index contributed by atoms with van der Waals surface area (Å²) in [5.41, 5.74) is 3.01. The van der Waals surface area contributed by atoms with Crippen LogP contribution in [0.4, 0.5) is 0 Å². The Kier molecular flexibility index (Phi) is 4.26. The molecule has 20 heavy (non-hydrogen) atoms. The zero-order valence-electron chi connectivity index (χ0n) is 11.7. The van der Waals surface area contributed by atoms with Crippen LogP contribution in [0.15, 0.2) is 23.2 Å². The Labute approximate surface area is 123 Å². The van der Waals surface area contributed by atoms with E-state index >= 15 is 0 Å². The van der Waals surface area contributed by atoms with Gasteiger partial charge in [-0.25, -0.2) is 0 Å². The quantitative estimate of drug-likeness (QED) is 0.800. The predicted molar refractivity (Wildman–Crippen MR) is 77.3 cm³/mol. The van der Waals surface area contributed by atoms with Crippen LogP contribution in [0.5, 0.6) is 0 Å². The molecule has 5 heteroatoms. The average Bonchev–Trinajstić information content (AvgIpc) is 2.60. The van der Waals surface area contributed by atoms with Crippen molar-refractivity contribution in [2.75, 3.05) is 20.3 Å². The molecule has 0 aromatic heterocycles. The summed E-state index contributed by atoms with van der Waals surface area (Å²) in [6, 6.07) is 5.69. The number of methoxy groups -OCH3 is 1. The molecule has 0 bridgehead atoms. The lowest BCUT2D eigenvalue weighted by Crippen LogP contribution is -2.34. The Morgan fingerprint density at radius 1 is 1.20 bits per heavy atom. The molecule has 1 heterocycles. The topological polar surface area (TPSA) is 46.6 Å². The van der Waals surface area contributed by atoms with Gasteiger partial charge in [0, 0.05) is 7.11 Å². The van der Waals surface area contributed by atoms with Crippen LogP contribution >= 0.6 is 11.6 Å². The van der Waals surface area contributed by atoms with Crippen molar-refractivity contribution in [1.82, 2.24) is 4.90 Å². The molecule has 0 spiro atoms. The molecule has 0 N–H and O–H groups in total. The van der Waals surface area contributed by atoms with Crippen LogP contribution in [-0.2, 0) is 14.3 Å². The molecular formula is C15H16ClNO3. The van der Waals surface area contributed by atoms with E-state index in [1.165, 1.54) is 7.11 Å². The van der Waals surface area contributed by atoms with Gasteiger partial charge in [-0.3, -0.25) is 14.5 Å². The molecule has 2 rings (SSSR count). The molecule has 2 amide bonds. The summed E-state index contributed by atoms with van der Waals surface area (Å²) in [4.78, 5) is 25.5. The predicted octanol–water partition coefficient (Wildman–Crippen LogP) is 2.27. The number of ether oxygens (including phenoxy) is 1. The van der Waals surface area contributed by atoms with E-state index in [0.717, 1.165) is 16.0 Å². The van der Waals surface area contributed by atoms with Crippen molar-refractivity contribution in [1.29, 1.82) is 0 Å². The fraction of sp³-hybridized carbons (Fsp3) is 0.333. The average molecular weight is 294 g/mol. The Morgan fingerprint density at radius 3 is 2.50 bits per heavy atom. The normalized spacial score (nSPS) is 15.5. The highest BCUT2D eigenvalue weighted by atomic mass is 35.5. The van der Waals surface area contributed by atoms with Gasteiger partial charge >= 0.3 is 0 Å². The Bertz CT molecular complexity index is 607.